The van der Waals surface area contributed by atoms with Gasteiger partial charge in [-0.1, -0.05) is 406 Å². The van der Waals surface area contributed by atoms with Crippen LogP contribution >= 0.6 is 0 Å². The third-order valence-corrected chi connectivity index (χ3v) is 18.2. The summed E-state index contributed by atoms with van der Waals surface area (Å²) in [5, 5.41) is 23.5. The Labute approximate surface area is 508 Å². The molecule has 0 aromatic rings. The SMILES string of the molecule is CCCCCCCCCCCCCCCCCCCCCCCCCC(O)C(CO)NC(=O)CCCCCCCCCCCCCCCCCCCCCCCCCCCCOC(=O)CCCCCCCCCCCCCCCCC. The van der Waals surface area contributed by atoms with Gasteiger partial charge in [-0.05, 0) is 25.7 Å². The van der Waals surface area contributed by atoms with E-state index in [1.165, 1.54) is 372 Å². The fourth-order valence-electron chi connectivity index (χ4n) is 12.4. The molecule has 0 heterocycles. The lowest BCUT2D eigenvalue weighted by molar-refractivity contribution is -0.143. The van der Waals surface area contributed by atoms with E-state index < -0.39 is 12.1 Å². The van der Waals surface area contributed by atoms with Crippen LogP contribution in [0.2, 0.25) is 0 Å². The zero-order valence-corrected chi connectivity index (χ0v) is 55.6. The summed E-state index contributed by atoms with van der Waals surface area (Å²) >= 11 is 0. The highest BCUT2D eigenvalue weighted by molar-refractivity contribution is 5.76. The summed E-state index contributed by atoms with van der Waals surface area (Å²) < 4.78 is 5.50. The van der Waals surface area contributed by atoms with Crippen molar-refractivity contribution in [3.8, 4) is 0 Å². The summed E-state index contributed by atoms with van der Waals surface area (Å²) in [5.41, 5.74) is 0. The lowest BCUT2D eigenvalue weighted by atomic mass is 10.0. The Morgan fingerprint density at radius 1 is 0.296 bits per heavy atom. The summed E-state index contributed by atoms with van der Waals surface area (Å²) in [4.78, 5) is 24.7. The van der Waals surface area contributed by atoms with Crippen molar-refractivity contribution in [3.05, 3.63) is 0 Å². The van der Waals surface area contributed by atoms with Gasteiger partial charge in [0.25, 0.3) is 0 Å². The number of amides is 1. The van der Waals surface area contributed by atoms with Gasteiger partial charge in [0.05, 0.1) is 25.4 Å². The maximum Gasteiger partial charge on any atom is 0.305 e. The van der Waals surface area contributed by atoms with Gasteiger partial charge in [0.15, 0.2) is 0 Å². The zero-order chi connectivity index (χ0) is 58.5. The molecule has 0 saturated carbocycles. The van der Waals surface area contributed by atoms with Crippen LogP contribution in [0.3, 0.4) is 0 Å². The van der Waals surface area contributed by atoms with Crippen LogP contribution in [0.25, 0.3) is 0 Å². The number of aliphatic hydroxyl groups is 2. The van der Waals surface area contributed by atoms with Crippen molar-refractivity contribution in [2.45, 2.75) is 456 Å². The number of ether oxygens (including phenoxy) is 1. The van der Waals surface area contributed by atoms with Crippen molar-refractivity contribution in [1.29, 1.82) is 0 Å². The molecule has 0 saturated heterocycles. The third kappa shape index (κ3) is 67.9. The number of carbonyl (C=O) groups excluding carboxylic acids is 2. The predicted octanol–water partition coefficient (Wildman–Crippen LogP) is 24.5. The molecule has 484 valence electrons. The van der Waals surface area contributed by atoms with Crippen LogP contribution in [-0.4, -0.2) is 47.4 Å². The van der Waals surface area contributed by atoms with E-state index in [1.807, 2.05) is 0 Å². The van der Waals surface area contributed by atoms with E-state index in [1.54, 1.807) is 0 Å². The van der Waals surface area contributed by atoms with E-state index in [0.717, 1.165) is 38.5 Å². The summed E-state index contributed by atoms with van der Waals surface area (Å²) in [6.45, 7) is 5.01. The van der Waals surface area contributed by atoms with Gasteiger partial charge in [-0.3, -0.25) is 9.59 Å². The average molecular weight is 1150 g/mol. The van der Waals surface area contributed by atoms with Crippen LogP contribution in [0.5, 0.6) is 0 Å². The highest BCUT2D eigenvalue weighted by atomic mass is 16.5. The molecule has 0 spiro atoms. The number of rotatable bonds is 72. The lowest BCUT2D eigenvalue weighted by Crippen LogP contribution is -2.45. The molecule has 6 heteroatoms. The maximum absolute atomic E-state index is 12.6. The monoisotopic (exact) mass is 1140 g/mol. The Morgan fingerprint density at radius 3 is 0.753 bits per heavy atom. The number of aliphatic hydroxyl groups excluding tert-OH is 2. The second kappa shape index (κ2) is 71.3. The fourth-order valence-corrected chi connectivity index (χ4v) is 12.4. The topological polar surface area (TPSA) is 95.9 Å². The molecular weight excluding hydrogens is 995 g/mol. The van der Waals surface area contributed by atoms with Crippen molar-refractivity contribution in [3.63, 3.8) is 0 Å². The molecule has 0 aliphatic heterocycles. The standard InChI is InChI=1S/C75H149NO5/c1-3-5-7-9-11-13-15-17-19-20-21-22-27-30-33-36-40-43-47-51-55-59-63-67-73(78)72(71-77)76-74(79)68-64-60-56-52-48-44-41-37-34-31-28-25-23-24-26-29-32-35-38-42-46-50-54-58-62-66-70-81-75(80)69-65-61-57-53-49-45-39-18-16-14-12-10-8-6-4-2/h72-73,77-78H,3-71H2,1-2H3,(H,76,79). The Hall–Kier alpha value is -1.14. The number of hydrogen-bond acceptors (Lipinski definition) is 5. The van der Waals surface area contributed by atoms with Crippen LogP contribution in [0, 0.1) is 0 Å². The molecule has 0 radical (unpaired) electrons. The van der Waals surface area contributed by atoms with Gasteiger partial charge in [0.2, 0.25) is 5.91 Å². The zero-order valence-electron chi connectivity index (χ0n) is 55.6. The number of unbranched alkanes of at least 4 members (excludes halogenated alkanes) is 61. The third-order valence-electron chi connectivity index (χ3n) is 18.2. The second-order valence-corrected chi connectivity index (χ2v) is 26.4. The highest BCUT2D eigenvalue weighted by Gasteiger charge is 2.20. The molecule has 0 aromatic carbocycles. The molecule has 0 fully saturated rings. The molecule has 0 bridgehead atoms. The molecule has 0 aliphatic carbocycles. The van der Waals surface area contributed by atoms with Gasteiger partial charge >= 0.3 is 5.97 Å². The lowest BCUT2D eigenvalue weighted by Gasteiger charge is -2.22. The Morgan fingerprint density at radius 2 is 0.506 bits per heavy atom. The molecule has 2 unspecified atom stereocenters. The first-order valence-electron chi connectivity index (χ1n) is 37.8. The summed E-state index contributed by atoms with van der Waals surface area (Å²) in [7, 11) is 0. The molecule has 0 aromatic heterocycles. The smallest absolute Gasteiger partial charge is 0.305 e. The minimum absolute atomic E-state index is 0.0218. The van der Waals surface area contributed by atoms with Crippen LogP contribution in [-0.2, 0) is 14.3 Å². The molecule has 1 amide bonds. The first-order valence-corrected chi connectivity index (χ1v) is 37.8. The van der Waals surface area contributed by atoms with Crippen molar-refractivity contribution in [2.75, 3.05) is 13.2 Å². The van der Waals surface area contributed by atoms with Gasteiger partial charge < -0.3 is 20.3 Å². The summed E-state index contributed by atoms with van der Waals surface area (Å²) in [6, 6.07) is -0.540. The van der Waals surface area contributed by atoms with Crippen molar-refractivity contribution >= 4 is 11.9 Å². The Balaban J connectivity index is 3.34. The van der Waals surface area contributed by atoms with Gasteiger partial charge in [0, 0.05) is 12.8 Å². The van der Waals surface area contributed by atoms with Crippen LogP contribution in [0.15, 0.2) is 0 Å². The van der Waals surface area contributed by atoms with E-state index in [0.29, 0.717) is 25.9 Å². The van der Waals surface area contributed by atoms with E-state index in [-0.39, 0.29) is 18.5 Å². The van der Waals surface area contributed by atoms with Crippen LogP contribution in [0.1, 0.15) is 444 Å². The molecular formula is C75H149NO5. The quantitative estimate of drug-likeness (QED) is 0.0417. The first kappa shape index (κ1) is 79.9. The van der Waals surface area contributed by atoms with Gasteiger partial charge in [0.1, 0.15) is 0 Å². The molecule has 3 N–H and O–H groups in total. The molecule has 2 atom stereocenters. The Kier molecular flexibility index (Phi) is 70.3. The van der Waals surface area contributed by atoms with Crippen molar-refractivity contribution in [2.24, 2.45) is 0 Å². The minimum atomic E-state index is -0.663. The number of hydrogen-bond donors (Lipinski definition) is 3. The normalized spacial score (nSPS) is 12.4. The predicted molar refractivity (Wildman–Crippen MR) is 357 cm³/mol. The number of carbonyl (C=O) groups is 2. The maximum atomic E-state index is 12.6. The molecule has 6 nitrogen and oxygen atoms in total. The minimum Gasteiger partial charge on any atom is -0.466 e. The Bertz CT molecular complexity index is 1180. The van der Waals surface area contributed by atoms with Gasteiger partial charge in [-0.15, -0.1) is 0 Å². The summed E-state index contributed by atoms with van der Waals surface area (Å²) in [5.74, 6) is -0.00468. The van der Waals surface area contributed by atoms with Crippen molar-refractivity contribution in [1.82, 2.24) is 5.32 Å². The molecule has 0 aliphatic rings. The highest BCUT2D eigenvalue weighted by Crippen LogP contribution is 2.20. The van der Waals surface area contributed by atoms with E-state index in [4.69, 9.17) is 4.74 Å². The van der Waals surface area contributed by atoms with Crippen LogP contribution in [0.4, 0.5) is 0 Å². The number of nitrogens with one attached hydrogen (secondary N) is 1. The largest absolute Gasteiger partial charge is 0.466 e. The summed E-state index contributed by atoms with van der Waals surface area (Å²) in [6.07, 6.45) is 87.4. The van der Waals surface area contributed by atoms with E-state index in [9.17, 15) is 19.8 Å². The van der Waals surface area contributed by atoms with E-state index in [2.05, 4.69) is 19.2 Å². The van der Waals surface area contributed by atoms with E-state index >= 15 is 0 Å². The first-order chi connectivity index (χ1) is 40.0. The fraction of sp³-hybridized carbons (Fsp3) is 0.973. The number of esters is 1. The van der Waals surface area contributed by atoms with Gasteiger partial charge in [-0.2, -0.15) is 0 Å². The van der Waals surface area contributed by atoms with Crippen molar-refractivity contribution < 1.29 is 24.5 Å². The average Bonchev–Trinajstić information content (AvgIpc) is 3.47. The molecule has 81 heavy (non-hydrogen) atoms. The molecule has 0 rings (SSSR count). The van der Waals surface area contributed by atoms with Crippen LogP contribution < -0.4 is 5.32 Å². The second-order valence-electron chi connectivity index (χ2n) is 26.4. The van der Waals surface area contributed by atoms with Gasteiger partial charge in [-0.25, -0.2) is 0 Å².